The zero-order valence-corrected chi connectivity index (χ0v) is 14.3. The minimum Gasteiger partial charge on any atom is -0.492 e. The van der Waals surface area contributed by atoms with Gasteiger partial charge in [0.25, 0.3) is 0 Å². The van der Waals surface area contributed by atoms with E-state index in [0.717, 1.165) is 24.8 Å². The summed E-state index contributed by atoms with van der Waals surface area (Å²) in [6, 6.07) is 9.68. The highest BCUT2D eigenvalue weighted by Crippen LogP contribution is 2.07. The molecule has 0 spiro atoms. The summed E-state index contributed by atoms with van der Waals surface area (Å²) in [6.07, 6.45) is 3.88. The average molecular weight is 330 g/mol. The number of nitrogens with one attached hydrogen (secondary N) is 3. The summed E-state index contributed by atoms with van der Waals surface area (Å²) < 4.78 is 5.55. The van der Waals surface area contributed by atoms with E-state index in [1.165, 1.54) is 0 Å². The van der Waals surface area contributed by atoms with Crippen molar-refractivity contribution in [1.29, 1.82) is 0 Å². The predicted molar refractivity (Wildman–Crippen MR) is 96.2 cm³/mol. The van der Waals surface area contributed by atoms with Gasteiger partial charge in [0.2, 0.25) is 5.91 Å². The van der Waals surface area contributed by atoms with Crippen LogP contribution in [0.3, 0.4) is 0 Å². The fourth-order valence-electron chi connectivity index (χ4n) is 2.20. The minimum absolute atomic E-state index is 0.00792. The molecular formula is C18H26N4O2. The number of rotatable bonds is 8. The molecule has 1 aromatic carbocycles. The standard InChI is InChI=1S/C18H26N4O2/c1-14(8-9-15(2)22-18-20-10-11-21-18)17(23)19-12-13-24-16-6-4-3-5-7-16/h3-9,14-15H,10-13H2,1-2H3,(H,19,23)(H2,20,21,22)/b9-8-. The monoisotopic (exact) mass is 330 g/mol. The van der Waals surface area contributed by atoms with E-state index in [1.54, 1.807) is 0 Å². The summed E-state index contributed by atoms with van der Waals surface area (Å²) in [5.41, 5.74) is 0. The van der Waals surface area contributed by atoms with Crippen molar-refractivity contribution >= 4 is 11.9 Å². The van der Waals surface area contributed by atoms with Crippen LogP contribution in [0.5, 0.6) is 5.75 Å². The zero-order valence-electron chi connectivity index (χ0n) is 14.3. The number of carbonyl (C=O) groups excluding carboxylic acids is 1. The fraction of sp³-hybridized carbons (Fsp3) is 0.444. The number of hydrogen-bond donors (Lipinski definition) is 3. The largest absolute Gasteiger partial charge is 0.492 e. The molecule has 2 unspecified atom stereocenters. The van der Waals surface area contributed by atoms with Gasteiger partial charge in [-0.1, -0.05) is 37.3 Å². The molecule has 1 amide bonds. The van der Waals surface area contributed by atoms with E-state index in [1.807, 2.05) is 56.3 Å². The second kappa shape index (κ2) is 9.60. The van der Waals surface area contributed by atoms with E-state index in [0.29, 0.717) is 13.2 Å². The van der Waals surface area contributed by atoms with Gasteiger partial charge < -0.3 is 20.7 Å². The molecule has 3 N–H and O–H groups in total. The third-order valence-electron chi connectivity index (χ3n) is 3.55. The lowest BCUT2D eigenvalue weighted by Gasteiger charge is -2.13. The van der Waals surface area contributed by atoms with Crippen LogP contribution in [0.1, 0.15) is 13.8 Å². The SMILES string of the molecule is CC(/C=C\C(C)C(=O)NCCOc1ccccc1)NC1=NCCN1. The number of hydrogen-bond acceptors (Lipinski definition) is 5. The summed E-state index contributed by atoms with van der Waals surface area (Å²) in [6.45, 7) is 6.53. The summed E-state index contributed by atoms with van der Waals surface area (Å²) in [4.78, 5) is 16.3. The Kier molecular flexibility index (Phi) is 7.14. The molecule has 1 heterocycles. The van der Waals surface area contributed by atoms with Crippen LogP contribution in [0.4, 0.5) is 0 Å². The Morgan fingerprint density at radius 3 is 2.83 bits per heavy atom. The maximum absolute atomic E-state index is 12.0. The van der Waals surface area contributed by atoms with Gasteiger partial charge >= 0.3 is 0 Å². The number of nitrogens with zero attached hydrogens (tertiary/aromatic N) is 1. The van der Waals surface area contributed by atoms with E-state index in [-0.39, 0.29) is 17.9 Å². The number of ether oxygens (including phenoxy) is 1. The number of amides is 1. The van der Waals surface area contributed by atoms with Crippen molar-refractivity contribution in [1.82, 2.24) is 16.0 Å². The molecular weight excluding hydrogens is 304 g/mol. The Bertz CT molecular complexity index is 572. The van der Waals surface area contributed by atoms with E-state index >= 15 is 0 Å². The fourth-order valence-corrected chi connectivity index (χ4v) is 2.20. The second-order valence-corrected chi connectivity index (χ2v) is 5.72. The number of para-hydroxylation sites is 1. The normalized spacial score (nSPS) is 16.2. The van der Waals surface area contributed by atoms with Crippen LogP contribution in [0.25, 0.3) is 0 Å². The van der Waals surface area contributed by atoms with Gasteiger partial charge in [-0.2, -0.15) is 0 Å². The lowest BCUT2D eigenvalue weighted by molar-refractivity contribution is -0.123. The predicted octanol–water partition coefficient (Wildman–Crippen LogP) is 1.31. The van der Waals surface area contributed by atoms with Gasteiger partial charge in [-0.05, 0) is 19.1 Å². The van der Waals surface area contributed by atoms with Gasteiger partial charge in [-0.15, -0.1) is 0 Å². The Hall–Kier alpha value is -2.50. The highest BCUT2D eigenvalue weighted by atomic mass is 16.5. The molecule has 24 heavy (non-hydrogen) atoms. The van der Waals surface area contributed by atoms with Crippen molar-refractivity contribution < 1.29 is 9.53 Å². The van der Waals surface area contributed by atoms with E-state index in [2.05, 4.69) is 20.9 Å². The Morgan fingerprint density at radius 2 is 2.12 bits per heavy atom. The van der Waals surface area contributed by atoms with Crippen LogP contribution in [-0.4, -0.2) is 44.1 Å². The van der Waals surface area contributed by atoms with Crippen LogP contribution >= 0.6 is 0 Å². The number of benzene rings is 1. The molecule has 0 fully saturated rings. The van der Waals surface area contributed by atoms with E-state index < -0.39 is 0 Å². The van der Waals surface area contributed by atoms with Crippen LogP contribution in [0.2, 0.25) is 0 Å². The lowest BCUT2D eigenvalue weighted by Crippen LogP contribution is -2.38. The van der Waals surface area contributed by atoms with Crippen molar-refractivity contribution in [3.05, 3.63) is 42.5 Å². The van der Waals surface area contributed by atoms with Gasteiger partial charge in [0.15, 0.2) is 5.96 Å². The molecule has 0 radical (unpaired) electrons. The molecule has 6 nitrogen and oxygen atoms in total. The van der Waals surface area contributed by atoms with Crippen molar-refractivity contribution in [3.8, 4) is 5.75 Å². The molecule has 1 aliphatic rings. The van der Waals surface area contributed by atoms with E-state index in [4.69, 9.17) is 4.74 Å². The Balaban J connectivity index is 1.63. The molecule has 1 aliphatic heterocycles. The average Bonchev–Trinajstić information content (AvgIpc) is 3.10. The second-order valence-electron chi connectivity index (χ2n) is 5.72. The van der Waals surface area contributed by atoms with Gasteiger partial charge in [0.05, 0.1) is 19.0 Å². The van der Waals surface area contributed by atoms with E-state index in [9.17, 15) is 4.79 Å². The molecule has 2 atom stereocenters. The van der Waals surface area contributed by atoms with Gasteiger partial charge in [-0.3, -0.25) is 9.79 Å². The number of guanidine groups is 1. The molecule has 2 rings (SSSR count). The molecule has 0 aromatic heterocycles. The van der Waals surface area contributed by atoms with Crippen molar-refractivity contribution in [3.63, 3.8) is 0 Å². The number of carbonyl (C=O) groups is 1. The summed E-state index contributed by atoms with van der Waals surface area (Å²) >= 11 is 0. The smallest absolute Gasteiger partial charge is 0.226 e. The highest BCUT2D eigenvalue weighted by Gasteiger charge is 2.10. The maximum atomic E-state index is 12.0. The molecule has 130 valence electrons. The van der Waals surface area contributed by atoms with Crippen LogP contribution in [-0.2, 0) is 4.79 Å². The maximum Gasteiger partial charge on any atom is 0.226 e. The first-order valence-corrected chi connectivity index (χ1v) is 8.34. The topological polar surface area (TPSA) is 74.8 Å². The molecule has 6 heteroatoms. The summed E-state index contributed by atoms with van der Waals surface area (Å²) in [5.74, 6) is 1.43. The highest BCUT2D eigenvalue weighted by molar-refractivity contribution is 5.82. The molecule has 1 aromatic rings. The first kappa shape index (κ1) is 17.8. The zero-order chi connectivity index (χ0) is 17.2. The van der Waals surface area contributed by atoms with Crippen molar-refractivity contribution in [2.45, 2.75) is 19.9 Å². The van der Waals surface area contributed by atoms with Crippen molar-refractivity contribution in [2.24, 2.45) is 10.9 Å². The van der Waals surface area contributed by atoms with Crippen LogP contribution in [0.15, 0.2) is 47.5 Å². The Morgan fingerprint density at radius 1 is 1.33 bits per heavy atom. The molecule has 0 bridgehead atoms. The molecule has 0 saturated carbocycles. The summed E-state index contributed by atoms with van der Waals surface area (Å²) in [5, 5.41) is 9.28. The number of aliphatic imine (C=N–C) groups is 1. The van der Waals surface area contributed by atoms with Crippen LogP contribution in [0, 0.1) is 5.92 Å². The third kappa shape index (κ3) is 6.32. The van der Waals surface area contributed by atoms with Crippen LogP contribution < -0.4 is 20.7 Å². The lowest BCUT2D eigenvalue weighted by atomic mass is 10.1. The Labute approximate surface area is 143 Å². The van der Waals surface area contributed by atoms with Crippen molar-refractivity contribution in [2.75, 3.05) is 26.2 Å². The van der Waals surface area contributed by atoms with Gasteiger partial charge in [0, 0.05) is 12.6 Å². The van der Waals surface area contributed by atoms with Gasteiger partial charge in [0.1, 0.15) is 12.4 Å². The first-order valence-electron chi connectivity index (χ1n) is 8.34. The first-order chi connectivity index (χ1) is 11.6. The summed E-state index contributed by atoms with van der Waals surface area (Å²) in [7, 11) is 0. The quantitative estimate of drug-likeness (QED) is 0.496. The van der Waals surface area contributed by atoms with Gasteiger partial charge in [-0.25, -0.2) is 0 Å². The minimum atomic E-state index is -0.190. The molecule has 0 aliphatic carbocycles. The molecule has 0 saturated heterocycles. The third-order valence-corrected chi connectivity index (χ3v) is 3.55.